The second-order valence-corrected chi connectivity index (χ2v) is 7.24. The highest BCUT2D eigenvalue weighted by Gasteiger charge is 2.30. The van der Waals surface area contributed by atoms with Crippen molar-refractivity contribution >= 4 is 0 Å². The van der Waals surface area contributed by atoms with Crippen molar-refractivity contribution in [2.45, 2.75) is 39.8 Å². The summed E-state index contributed by atoms with van der Waals surface area (Å²) in [6, 6.07) is 15.0. The third-order valence-corrected chi connectivity index (χ3v) is 5.15. The van der Waals surface area contributed by atoms with Gasteiger partial charge in [-0.3, -0.25) is 4.90 Å². The van der Waals surface area contributed by atoms with Crippen molar-refractivity contribution in [3.63, 3.8) is 0 Å². The quantitative estimate of drug-likeness (QED) is 0.681. The highest BCUT2D eigenvalue weighted by Crippen LogP contribution is 2.32. The number of hydrogen-bond donors (Lipinski definition) is 0. The van der Waals surface area contributed by atoms with E-state index in [1.54, 1.807) is 0 Å². The minimum absolute atomic E-state index is 0.0864. The molecule has 2 heterocycles. The number of aromatic nitrogens is 2. The van der Waals surface area contributed by atoms with Gasteiger partial charge in [-0.2, -0.15) is 0 Å². The van der Waals surface area contributed by atoms with Crippen LogP contribution in [-0.2, 0) is 13.0 Å². The van der Waals surface area contributed by atoms with E-state index in [0.717, 1.165) is 30.8 Å². The van der Waals surface area contributed by atoms with Gasteiger partial charge in [-0.25, -0.2) is 0 Å². The maximum Gasteiger partial charge on any atom is 0.233 e. The van der Waals surface area contributed by atoms with Gasteiger partial charge >= 0.3 is 0 Å². The molecule has 0 amide bonds. The van der Waals surface area contributed by atoms with E-state index in [-0.39, 0.29) is 6.04 Å². The summed E-state index contributed by atoms with van der Waals surface area (Å²) in [7, 11) is 0. The van der Waals surface area contributed by atoms with Crippen LogP contribution in [0.1, 0.15) is 40.1 Å². The summed E-state index contributed by atoms with van der Waals surface area (Å²) in [5.41, 5.74) is 5.08. The molecule has 0 N–H and O–H groups in total. The fraction of sp³-hybridized carbons (Fsp3) is 0.364. The van der Waals surface area contributed by atoms with Gasteiger partial charge in [0, 0.05) is 20.0 Å². The average molecular weight is 363 g/mol. The summed E-state index contributed by atoms with van der Waals surface area (Å²) in [6.07, 6.45) is 0.876. The summed E-state index contributed by atoms with van der Waals surface area (Å²) >= 11 is 0. The molecule has 5 heteroatoms. The van der Waals surface area contributed by atoms with Gasteiger partial charge < -0.3 is 9.15 Å². The lowest BCUT2D eigenvalue weighted by Crippen LogP contribution is -2.37. The van der Waals surface area contributed by atoms with Crippen LogP contribution in [0.4, 0.5) is 0 Å². The third-order valence-electron chi connectivity index (χ3n) is 5.15. The molecule has 0 aliphatic carbocycles. The Hall–Kier alpha value is -2.66. The molecule has 2 aromatic carbocycles. The van der Waals surface area contributed by atoms with Crippen LogP contribution in [0.3, 0.4) is 0 Å². The van der Waals surface area contributed by atoms with Crippen LogP contribution in [0.5, 0.6) is 5.75 Å². The zero-order valence-electron chi connectivity index (χ0n) is 16.1. The number of ether oxygens (including phenoxy) is 1. The molecule has 0 saturated carbocycles. The van der Waals surface area contributed by atoms with E-state index in [9.17, 15) is 0 Å². The van der Waals surface area contributed by atoms with E-state index in [0.29, 0.717) is 18.4 Å². The molecule has 0 saturated heterocycles. The van der Waals surface area contributed by atoms with E-state index >= 15 is 0 Å². The highest BCUT2D eigenvalue weighted by molar-refractivity contribution is 5.36. The minimum atomic E-state index is 0.0864. The predicted octanol–water partition coefficient (Wildman–Crippen LogP) is 4.17. The van der Waals surface area contributed by atoms with E-state index in [2.05, 4.69) is 71.4 Å². The van der Waals surface area contributed by atoms with Crippen LogP contribution < -0.4 is 4.74 Å². The Kier molecular flexibility index (Phi) is 4.94. The summed E-state index contributed by atoms with van der Waals surface area (Å²) in [4.78, 5) is 2.38. The molecule has 0 radical (unpaired) electrons. The van der Waals surface area contributed by atoms with Crippen molar-refractivity contribution in [1.82, 2.24) is 15.1 Å². The first-order chi connectivity index (χ1) is 13.1. The lowest BCUT2D eigenvalue weighted by atomic mass is 9.94. The predicted molar refractivity (Wildman–Crippen MR) is 104 cm³/mol. The van der Waals surface area contributed by atoms with Crippen molar-refractivity contribution in [1.29, 1.82) is 0 Å². The minimum Gasteiger partial charge on any atom is -0.492 e. The molecule has 1 aromatic heterocycles. The molecule has 3 aromatic rings. The average Bonchev–Trinajstić information content (AvgIpc) is 3.10. The van der Waals surface area contributed by atoms with Crippen LogP contribution in [0, 0.1) is 20.8 Å². The lowest BCUT2D eigenvalue weighted by molar-refractivity contribution is 0.120. The van der Waals surface area contributed by atoms with Crippen LogP contribution >= 0.6 is 0 Å². The molecule has 1 aliphatic heterocycles. The first-order valence-corrected chi connectivity index (χ1v) is 9.41. The number of aryl methyl sites for hydroxylation is 3. The zero-order chi connectivity index (χ0) is 18.8. The number of benzene rings is 2. The first-order valence-electron chi connectivity index (χ1n) is 9.41. The summed E-state index contributed by atoms with van der Waals surface area (Å²) in [5.74, 6) is 2.25. The number of rotatable bonds is 5. The Labute approximate surface area is 160 Å². The van der Waals surface area contributed by atoms with E-state index in [1.165, 1.54) is 16.7 Å². The molecule has 1 aliphatic rings. The Morgan fingerprint density at radius 3 is 2.67 bits per heavy atom. The Balaban J connectivity index is 1.51. The molecule has 0 fully saturated rings. The van der Waals surface area contributed by atoms with Crippen LogP contribution in [0.2, 0.25) is 0 Å². The van der Waals surface area contributed by atoms with Gasteiger partial charge in [0.15, 0.2) is 0 Å². The monoisotopic (exact) mass is 363 g/mol. The molecular weight excluding hydrogens is 338 g/mol. The first kappa shape index (κ1) is 17.7. The second kappa shape index (κ2) is 7.53. The van der Waals surface area contributed by atoms with Gasteiger partial charge in [-0.05, 0) is 48.6 Å². The molecule has 0 bridgehead atoms. The largest absolute Gasteiger partial charge is 0.492 e. The van der Waals surface area contributed by atoms with Crippen molar-refractivity contribution in [2.75, 3.05) is 13.2 Å². The fourth-order valence-electron chi connectivity index (χ4n) is 3.64. The molecule has 1 unspecified atom stereocenters. The van der Waals surface area contributed by atoms with E-state index in [4.69, 9.17) is 9.15 Å². The fourth-order valence-corrected chi connectivity index (χ4v) is 3.64. The Bertz CT molecular complexity index is 935. The third kappa shape index (κ3) is 3.88. The molecule has 140 valence electrons. The smallest absolute Gasteiger partial charge is 0.233 e. The second-order valence-electron chi connectivity index (χ2n) is 7.24. The van der Waals surface area contributed by atoms with Crippen molar-refractivity contribution in [2.24, 2.45) is 0 Å². The van der Waals surface area contributed by atoms with Gasteiger partial charge in [-0.15, -0.1) is 10.2 Å². The summed E-state index contributed by atoms with van der Waals surface area (Å²) in [6.45, 7) is 8.28. The van der Waals surface area contributed by atoms with Gasteiger partial charge in [0.2, 0.25) is 11.8 Å². The van der Waals surface area contributed by atoms with Crippen molar-refractivity contribution in [3.05, 3.63) is 76.5 Å². The maximum absolute atomic E-state index is 6.09. The van der Waals surface area contributed by atoms with Crippen LogP contribution in [0.15, 0.2) is 46.9 Å². The lowest BCUT2D eigenvalue weighted by Gasteiger charge is -2.34. The Morgan fingerprint density at radius 1 is 1.07 bits per heavy atom. The van der Waals surface area contributed by atoms with Crippen LogP contribution in [-0.4, -0.2) is 28.2 Å². The topological polar surface area (TPSA) is 51.4 Å². The van der Waals surface area contributed by atoms with Crippen molar-refractivity contribution < 1.29 is 9.15 Å². The summed E-state index contributed by atoms with van der Waals surface area (Å²) in [5, 5.41) is 8.31. The SMILES string of the molecule is Cc1ccc(C)c(OCCN2Cc3ccccc3CC2c2nnc(C)o2)c1. The number of nitrogens with zero attached hydrogens (tertiary/aromatic N) is 3. The molecule has 4 rings (SSSR count). The van der Waals surface area contributed by atoms with E-state index < -0.39 is 0 Å². The normalized spacial score (nSPS) is 16.9. The van der Waals surface area contributed by atoms with E-state index in [1.807, 2.05) is 6.92 Å². The molecule has 5 nitrogen and oxygen atoms in total. The van der Waals surface area contributed by atoms with Crippen molar-refractivity contribution in [3.8, 4) is 5.75 Å². The summed E-state index contributed by atoms with van der Waals surface area (Å²) < 4.78 is 11.9. The standard InChI is InChI=1S/C22H25N3O2/c1-15-8-9-16(2)21(12-15)26-11-10-25-14-19-7-5-4-6-18(19)13-20(25)22-24-23-17(3)27-22/h4-9,12,20H,10-11,13-14H2,1-3H3. The highest BCUT2D eigenvalue weighted by atomic mass is 16.5. The van der Waals surface area contributed by atoms with Gasteiger partial charge in [0.05, 0.1) is 6.04 Å². The van der Waals surface area contributed by atoms with Crippen LogP contribution in [0.25, 0.3) is 0 Å². The molecule has 27 heavy (non-hydrogen) atoms. The van der Waals surface area contributed by atoms with Gasteiger partial charge in [0.1, 0.15) is 12.4 Å². The number of fused-ring (bicyclic) bond motifs is 1. The van der Waals surface area contributed by atoms with Gasteiger partial charge in [-0.1, -0.05) is 36.4 Å². The molecule has 0 spiro atoms. The Morgan fingerprint density at radius 2 is 1.89 bits per heavy atom. The molecule has 1 atom stereocenters. The van der Waals surface area contributed by atoms with Gasteiger partial charge in [0.25, 0.3) is 0 Å². The number of hydrogen-bond acceptors (Lipinski definition) is 5. The maximum atomic E-state index is 6.09. The zero-order valence-corrected chi connectivity index (χ0v) is 16.1. The molecular formula is C22H25N3O2.